The number of nitrogens with one attached hydrogen (secondary N) is 1. The number of benzene rings is 1. The maximum absolute atomic E-state index is 11.9. The fourth-order valence-corrected chi connectivity index (χ4v) is 1.50. The van der Waals surface area contributed by atoms with Crippen LogP contribution in [-0.4, -0.2) is 22.1 Å². The summed E-state index contributed by atoms with van der Waals surface area (Å²) >= 11 is 0. The maximum atomic E-state index is 11.9. The highest BCUT2D eigenvalue weighted by atomic mass is 16.5. The van der Waals surface area contributed by atoms with Gasteiger partial charge in [-0.05, 0) is 38.1 Å². The minimum atomic E-state index is -0.0464. The minimum absolute atomic E-state index is 0.0464. The van der Waals surface area contributed by atoms with Crippen molar-refractivity contribution in [1.82, 2.24) is 10.2 Å². The summed E-state index contributed by atoms with van der Waals surface area (Å²) in [4.78, 5) is 11.9. The van der Waals surface area contributed by atoms with E-state index in [4.69, 9.17) is 4.74 Å². The third-order valence-corrected chi connectivity index (χ3v) is 2.25. The predicted molar refractivity (Wildman–Crippen MR) is 64.2 cm³/mol. The Balaban J connectivity index is 2.15. The normalized spacial score (nSPS) is 10.5. The first-order chi connectivity index (χ1) is 8.16. The molecule has 0 aliphatic heterocycles. The molecule has 0 amide bonds. The zero-order chi connectivity index (χ0) is 12.3. The summed E-state index contributed by atoms with van der Waals surface area (Å²) < 4.78 is 5.51. The second-order valence-corrected chi connectivity index (χ2v) is 4.01. The van der Waals surface area contributed by atoms with E-state index in [9.17, 15) is 4.79 Å². The Hall–Kier alpha value is -2.10. The molecule has 0 aliphatic rings. The highest BCUT2D eigenvalue weighted by Crippen LogP contribution is 2.16. The largest absolute Gasteiger partial charge is 0.491 e. The zero-order valence-corrected chi connectivity index (χ0v) is 9.81. The van der Waals surface area contributed by atoms with E-state index in [-0.39, 0.29) is 11.9 Å². The van der Waals surface area contributed by atoms with Crippen molar-refractivity contribution in [3.8, 4) is 5.75 Å². The summed E-state index contributed by atoms with van der Waals surface area (Å²) in [6.45, 7) is 3.93. The van der Waals surface area contributed by atoms with E-state index in [1.54, 1.807) is 30.5 Å². The van der Waals surface area contributed by atoms with Crippen LogP contribution < -0.4 is 4.74 Å². The van der Waals surface area contributed by atoms with Crippen molar-refractivity contribution < 1.29 is 9.53 Å². The summed E-state index contributed by atoms with van der Waals surface area (Å²) in [5, 5.41) is 6.38. The van der Waals surface area contributed by atoms with Crippen LogP contribution >= 0.6 is 0 Å². The van der Waals surface area contributed by atoms with Gasteiger partial charge in [0.15, 0.2) is 5.78 Å². The van der Waals surface area contributed by atoms with E-state index in [0.717, 1.165) is 5.75 Å². The Morgan fingerprint density at radius 1 is 1.24 bits per heavy atom. The van der Waals surface area contributed by atoms with Crippen molar-refractivity contribution in [3.05, 3.63) is 47.8 Å². The average Bonchev–Trinajstić information content (AvgIpc) is 2.82. The quantitative estimate of drug-likeness (QED) is 0.821. The number of carbonyl (C=O) groups excluding carboxylic acids is 1. The van der Waals surface area contributed by atoms with Crippen LogP contribution in [0.4, 0.5) is 0 Å². The van der Waals surface area contributed by atoms with E-state index in [1.807, 2.05) is 13.8 Å². The molecule has 1 N–H and O–H groups in total. The highest BCUT2D eigenvalue weighted by Gasteiger charge is 2.09. The van der Waals surface area contributed by atoms with E-state index in [0.29, 0.717) is 11.1 Å². The number of rotatable bonds is 4. The lowest BCUT2D eigenvalue weighted by atomic mass is 10.1. The molecular weight excluding hydrogens is 216 g/mol. The molecule has 2 rings (SSSR count). The Labute approximate surface area is 99.6 Å². The van der Waals surface area contributed by atoms with E-state index in [2.05, 4.69) is 10.2 Å². The Bertz CT molecular complexity index is 487. The summed E-state index contributed by atoms with van der Waals surface area (Å²) in [6, 6.07) is 7.11. The summed E-state index contributed by atoms with van der Waals surface area (Å²) in [7, 11) is 0. The van der Waals surface area contributed by atoms with Gasteiger partial charge in [-0.15, -0.1) is 0 Å². The molecule has 0 saturated carbocycles. The van der Waals surface area contributed by atoms with Gasteiger partial charge >= 0.3 is 0 Å². The Kier molecular flexibility index (Phi) is 3.23. The van der Waals surface area contributed by atoms with Crippen LogP contribution in [0.15, 0.2) is 36.7 Å². The highest BCUT2D eigenvalue weighted by molar-refractivity contribution is 6.08. The maximum Gasteiger partial charge on any atom is 0.196 e. The molecule has 4 nitrogen and oxygen atoms in total. The first kappa shape index (κ1) is 11.4. The Morgan fingerprint density at radius 2 is 1.94 bits per heavy atom. The van der Waals surface area contributed by atoms with E-state index in [1.165, 1.54) is 6.20 Å². The van der Waals surface area contributed by atoms with Crippen molar-refractivity contribution in [2.75, 3.05) is 0 Å². The van der Waals surface area contributed by atoms with Crippen molar-refractivity contribution in [3.63, 3.8) is 0 Å². The molecule has 4 heteroatoms. The molecule has 0 saturated heterocycles. The summed E-state index contributed by atoms with van der Waals surface area (Å²) in [5.41, 5.74) is 1.19. The van der Waals surface area contributed by atoms with Gasteiger partial charge in [0.2, 0.25) is 0 Å². The van der Waals surface area contributed by atoms with E-state index >= 15 is 0 Å². The van der Waals surface area contributed by atoms with Crippen molar-refractivity contribution in [2.45, 2.75) is 20.0 Å². The predicted octanol–water partition coefficient (Wildman–Crippen LogP) is 2.43. The molecule has 1 aromatic heterocycles. The summed E-state index contributed by atoms with van der Waals surface area (Å²) in [6.07, 6.45) is 3.23. The van der Waals surface area contributed by atoms with Gasteiger partial charge in [0.25, 0.3) is 0 Å². The number of ketones is 1. The molecule has 1 aromatic carbocycles. The lowest BCUT2D eigenvalue weighted by Crippen LogP contribution is -2.06. The third-order valence-electron chi connectivity index (χ3n) is 2.25. The van der Waals surface area contributed by atoms with Crippen LogP contribution in [0.25, 0.3) is 0 Å². The molecule has 0 aliphatic carbocycles. The molecule has 17 heavy (non-hydrogen) atoms. The number of nitrogens with zero attached hydrogens (tertiary/aromatic N) is 1. The molecule has 0 spiro atoms. The lowest BCUT2D eigenvalue weighted by Gasteiger charge is -2.09. The van der Waals surface area contributed by atoms with Crippen molar-refractivity contribution >= 4 is 5.78 Å². The topological polar surface area (TPSA) is 55.0 Å². The molecule has 0 fully saturated rings. The second kappa shape index (κ2) is 4.82. The summed E-state index contributed by atoms with van der Waals surface area (Å²) in [5.74, 6) is 0.721. The van der Waals surface area contributed by atoms with Crippen LogP contribution in [0.1, 0.15) is 29.8 Å². The van der Waals surface area contributed by atoms with Crippen LogP contribution in [0, 0.1) is 0 Å². The SMILES string of the molecule is CC(C)Oc1ccc(C(=O)c2cn[nH]c2)cc1. The molecule has 0 unspecified atom stereocenters. The van der Waals surface area contributed by atoms with Gasteiger partial charge in [-0.2, -0.15) is 5.10 Å². The van der Waals surface area contributed by atoms with Gasteiger partial charge in [0.1, 0.15) is 5.75 Å². The van der Waals surface area contributed by atoms with Gasteiger partial charge in [-0.1, -0.05) is 0 Å². The third kappa shape index (κ3) is 2.72. The average molecular weight is 230 g/mol. The van der Waals surface area contributed by atoms with Crippen molar-refractivity contribution in [2.24, 2.45) is 0 Å². The van der Waals surface area contributed by atoms with Crippen LogP contribution in [-0.2, 0) is 0 Å². The number of H-pyrrole nitrogens is 1. The van der Waals surface area contributed by atoms with Gasteiger partial charge < -0.3 is 4.74 Å². The number of aromatic nitrogens is 2. The van der Waals surface area contributed by atoms with Gasteiger partial charge in [-0.3, -0.25) is 9.89 Å². The number of hydrogen-bond acceptors (Lipinski definition) is 3. The zero-order valence-electron chi connectivity index (χ0n) is 9.81. The number of aromatic amines is 1. The molecule has 0 radical (unpaired) electrons. The van der Waals surface area contributed by atoms with Crippen molar-refractivity contribution in [1.29, 1.82) is 0 Å². The molecule has 88 valence electrons. The molecule has 2 aromatic rings. The van der Waals surface area contributed by atoms with Crippen LogP contribution in [0.2, 0.25) is 0 Å². The Morgan fingerprint density at radius 3 is 2.47 bits per heavy atom. The molecule has 1 heterocycles. The molecular formula is C13H14N2O2. The van der Waals surface area contributed by atoms with Gasteiger partial charge in [-0.25, -0.2) is 0 Å². The van der Waals surface area contributed by atoms with E-state index < -0.39 is 0 Å². The first-order valence-corrected chi connectivity index (χ1v) is 5.47. The fraction of sp³-hybridized carbons (Fsp3) is 0.231. The lowest BCUT2D eigenvalue weighted by molar-refractivity contribution is 0.103. The second-order valence-electron chi connectivity index (χ2n) is 4.01. The standard InChI is InChI=1S/C13H14N2O2/c1-9(2)17-12-5-3-10(4-6-12)13(16)11-7-14-15-8-11/h3-9H,1-2H3,(H,14,15). The van der Waals surface area contributed by atoms with Gasteiger partial charge in [0, 0.05) is 11.8 Å². The van der Waals surface area contributed by atoms with Gasteiger partial charge in [0.05, 0.1) is 17.9 Å². The first-order valence-electron chi connectivity index (χ1n) is 5.47. The monoisotopic (exact) mass is 230 g/mol. The number of carbonyl (C=O) groups is 1. The molecule has 0 atom stereocenters. The smallest absolute Gasteiger partial charge is 0.196 e. The number of ether oxygens (including phenoxy) is 1. The molecule has 0 bridgehead atoms. The van der Waals surface area contributed by atoms with Crippen LogP contribution in [0.3, 0.4) is 0 Å². The number of hydrogen-bond donors (Lipinski definition) is 1. The van der Waals surface area contributed by atoms with Crippen LogP contribution in [0.5, 0.6) is 5.75 Å². The minimum Gasteiger partial charge on any atom is -0.491 e. The fourth-order valence-electron chi connectivity index (χ4n) is 1.50.